The fourth-order valence-electron chi connectivity index (χ4n) is 1.94. The van der Waals surface area contributed by atoms with Crippen LogP contribution in [-0.2, 0) is 6.18 Å². The summed E-state index contributed by atoms with van der Waals surface area (Å²) in [5.74, 6) is 0. The Kier molecular flexibility index (Phi) is 2.85. The average molecular weight is 275 g/mol. The maximum Gasteiger partial charge on any atom is 0.416 e. The molecule has 3 aromatic rings. The van der Waals surface area contributed by atoms with Gasteiger partial charge in [-0.25, -0.2) is 0 Å². The quantitative estimate of drug-likeness (QED) is 0.679. The highest BCUT2D eigenvalue weighted by atomic mass is 19.4. The lowest BCUT2D eigenvalue weighted by Gasteiger charge is -2.08. The molecule has 1 aromatic carbocycles. The van der Waals surface area contributed by atoms with Crippen molar-refractivity contribution in [2.24, 2.45) is 0 Å². The second-order valence-corrected chi connectivity index (χ2v) is 4.19. The maximum absolute atomic E-state index is 12.5. The van der Waals surface area contributed by atoms with Gasteiger partial charge in [0.05, 0.1) is 17.3 Å². The maximum atomic E-state index is 12.5. The van der Waals surface area contributed by atoms with E-state index in [1.807, 2.05) is 0 Å². The third-order valence-electron chi connectivity index (χ3n) is 2.91. The van der Waals surface area contributed by atoms with E-state index >= 15 is 0 Å². The highest BCUT2D eigenvalue weighted by Gasteiger charge is 2.30. The van der Waals surface area contributed by atoms with Crippen molar-refractivity contribution in [3.63, 3.8) is 0 Å². The molecule has 3 rings (SSSR count). The molecule has 0 aliphatic carbocycles. The van der Waals surface area contributed by atoms with Gasteiger partial charge in [-0.05, 0) is 17.7 Å². The molecule has 0 aliphatic rings. The topological polar surface area (TPSA) is 38.7 Å². The Morgan fingerprint density at radius 2 is 1.55 bits per heavy atom. The number of hydrogen-bond acceptors (Lipinski definition) is 3. The smallest absolute Gasteiger partial charge is 0.262 e. The summed E-state index contributed by atoms with van der Waals surface area (Å²) in [6, 6.07) is 4.91. The largest absolute Gasteiger partial charge is 0.416 e. The third-order valence-corrected chi connectivity index (χ3v) is 2.91. The molecule has 0 radical (unpaired) electrons. The van der Waals surface area contributed by atoms with Crippen LogP contribution in [0.3, 0.4) is 0 Å². The zero-order chi connectivity index (χ0) is 14.2. The highest BCUT2D eigenvalue weighted by molar-refractivity contribution is 5.90. The van der Waals surface area contributed by atoms with Crippen LogP contribution in [0, 0.1) is 0 Å². The van der Waals surface area contributed by atoms with Crippen molar-refractivity contribution in [1.29, 1.82) is 0 Å². The Balaban J connectivity index is 2.12. The standard InChI is InChI=1S/C14H8F3N3/c15-14(16,17)10-3-1-9(2-4-10)11-7-18-8-12-13(11)20-6-5-19-12/h1-8H. The van der Waals surface area contributed by atoms with Gasteiger partial charge >= 0.3 is 6.18 Å². The van der Waals surface area contributed by atoms with Crippen molar-refractivity contribution >= 4 is 11.0 Å². The second-order valence-electron chi connectivity index (χ2n) is 4.19. The summed E-state index contributed by atoms with van der Waals surface area (Å²) in [5.41, 5.74) is 1.81. The van der Waals surface area contributed by atoms with Crippen LogP contribution >= 0.6 is 0 Å². The average Bonchev–Trinajstić information content (AvgIpc) is 2.46. The minimum absolute atomic E-state index is 0.602. The second kappa shape index (κ2) is 4.56. The Morgan fingerprint density at radius 1 is 0.850 bits per heavy atom. The van der Waals surface area contributed by atoms with Gasteiger partial charge in [0, 0.05) is 24.2 Å². The van der Waals surface area contributed by atoms with E-state index in [1.165, 1.54) is 18.3 Å². The van der Waals surface area contributed by atoms with Crippen LogP contribution in [0.15, 0.2) is 49.1 Å². The number of pyridine rings is 1. The van der Waals surface area contributed by atoms with Gasteiger partial charge in [0.15, 0.2) is 0 Å². The monoisotopic (exact) mass is 275 g/mol. The molecule has 100 valence electrons. The number of rotatable bonds is 1. The number of nitrogens with zero attached hydrogens (tertiary/aromatic N) is 3. The Labute approximate surface area is 112 Å². The molecule has 6 heteroatoms. The van der Waals surface area contributed by atoms with Gasteiger partial charge in [0.1, 0.15) is 5.52 Å². The predicted octanol–water partition coefficient (Wildman–Crippen LogP) is 3.71. The van der Waals surface area contributed by atoms with Gasteiger partial charge in [0.2, 0.25) is 0 Å². The van der Waals surface area contributed by atoms with Crippen LogP contribution in [-0.4, -0.2) is 15.0 Å². The molecule has 0 saturated carbocycles. The first-order chi connectivity index (χ1) is 9.55. The lowest BCUT2D eigenvalue weighted by molar-refractivity contribution is -0.137. The summed E-state index contributed by atoms with van der Waals surface area (Å²) >= 11 is 0. The summed E-state index contributed by atoms with van der Waals surface area (Å²) in [4.78, 5) is 12.4. The van der Waals surface area contributed by atoms with Crippen LogP contribution < -0.4 is 0 Å². The molecular formula is C14H8F3N3. The number of fused-ring (bicyclic) bond motifs is 1. The van der Waals surface area contributed by atoms with Crippen LogP contribution in [0.1, 0.15) is 5.56 Å². The first-order valence-electron chi connectivity index (χ1n) is 5.78. The summed E-state index contributed by atoms with van der Waals surface area (Å²) in [7, 11) is 0. The van der Waals surface area contributed by atoms with E-state index in [4.69, 9.17) is 0 Å². The van der Waals surface area contributed by atoms with Crippen LogP contribution in [0.4, 0.5) is 13.2 Å². The minimum Gasteiger partial charge on any atom is -0.262 e. The summed E-state index contributed by atoms with van der Waals surface area (Å²) in [5, 5.41) is 0. The molecule has 0 atom stereocenters. The molecule has 0 fully saturated rings. The third kappa shape index (κ3) is 2.20. The van der Waals surface area contributed by atoms with E-state index in [0.29, 0.717) is 22.2 Å². The van der Waals surface area contributed by atoms with E-state index in [2.05, 4.69) is 15.0 Å². The normalized spacial score (nSPS) is 11.8. The number of alkyl halides is 3. The first-order valence-corrected chi connectivity index (χ1v) is 5.78. The van der Waals surface area contributed by atoms with Crippen LogP contribution in [0.2, 0.25) is 0 Å². The summed E-state index contributed by atoms with van der Waals surface area (Å²) in [6.07, 6.45) is 1.88. The highest BCUT2D eigenvalue weighted by Crippen LogP contribution is 2.32. The van der Waals surface area contributed by atoms with Crippen LogP contribution in [0.5, 0.6) is 0 Å². The molecule has 2 aromatic heterocycles. The van der Waals surface area contributed by atoms with Crippen molar-refractivity contribution in [3.05, 3.63) is 54.6 Å². The fourth-order valence-corrected chi connectivity index (χ4v) is 1.94. The molecular weight excluding hydrogens is 267 g/mol. The molecule has 2 heterocycles. The van der Waals surface area contributed by atoms with Gasteiger partial charge in [-0.15, -0.1) is 0 Å². The fraction of sp³-hybridized carbons (Fsp3) is 0.0714. The van der Waals surface area contributed by atoms with Gasteiger partial charge in [-0.3, -0.25) is 15.0 Å². The molecule has 0 N–H and O–H groups in total. The number of hydrogen-bond donors (Lipinski definition) is 0. The zero-order valence-corrected chi connectivity index (χ0v) is 10.1. The summed E-state index contributed by atoms with van der Waals surface area (Å²) in [6.45, 7) is 0. The number of aromatic nitrogens is 3. The van der Waals surface area contributed by atoms with E-state index < -0.39 is 11.7 Å². The van der Waals surface area contributed by atoms with E-state index in [9.17, 15) is 13.2 Å². The SMILES string of the molecule is FC(F)(F)c1ccc(-c2cncc3nccnc23)cc1. The Bertz CT molecular complexity index is 746. The van der Waals surface area contributed by atoms with Crippen molar-refractivity contribution in [3.8, 4) is 11.1 Å². The van der Waals surface area contributed by atoms with Crippen molar-refractivity contribution in [2.75, 3.05) is 0 Å². The predicted molar refractivity (Wildman–Crippen MR) is 67.8 cm³/mol. The molecule has 0 unspecified atom stereocenters. The zero-order valence-electron chi connectivity index (χ0n) is 10.1. The molecule has 0 spiro atoms. The first kappa shape index (κ1) is 12.5. The van der Waals surface area contributed by atoms with Gasteiger partial charge < -0.3 is 0 Å². The molecule has 0 saturated heterocycles. The van der Waals surface area contributed by atoms with Gasteiger partial charge in [-0.1, -0.05) is 12.1 Å². The summed E-state index contributed by atoms with van der Waals surface area (Å²) < 4.78 is 37.6. The molecule has 0 amide bonds. The Hall–Kier alpha value is -2.50. The van der Waals surface area contributed by atoms with Gasteiger partial charge in [0.25, 0.3) is 0 Å². The van der Waals surface area contributed by atoms with Gasteiger partial charge in [-0.2, -0.15) is 13.2 Å². The van der Waals surface area contributed by atoms with Crippen LogP contribution in [0.25, 0.3) is 22.2 Å². The molecule has 0 aliphatic heterocycles. The van der Waals surface area contributed by atoms with E-state index in [0.717, 1.165) is 12.1 Å². The van der Waals surface area contributed by atoms with Crippen molar-refractivity contribution in [2.45, 2.75) is 6.18 Å². The number of halogens is 3. The molecule has 3 nitrogen and oxygen atoms in total. The van der Waals surface area contributed by atoms with E-state index in [-0.39, 0.29) is 0 Å². The van der Waals surface area contributed by atoms with Crippen molar-refractivity contribution < 1.29 is 13.2 Å². The molecule has 20 heavy (non-hydrogen) atoms. The van der Waals surface area contributed by atoms with E-state index in [1.54, 1.807) is 18.6 Å². The minimum atomic E-state index is -4.34. The van der Waals surface area contributed by atoms with Crippen molar-refractivity contribution in [1.82, 2.24) is 15.0 Å². The Morgan fingerprint density at radius 3 is 2.25 bits per heavy atom. The number of benzene rings is 1. The lowest BCUT2D eigenvalue weighted by atomic mass is 10.0. The molecule has 0 bridgehead atoms. The lowest BCUT2D eigenvalue weighted by Crippen LogP contribution is -2.04.